The Bertz CT molecular complexity index is 1310. The molecule has 6 rings (SSSR count). The topological polar surface area (TPSA) is 92.6 Å². The number of ether oxygens (including phenoxy) is 1. The fourth-order valence-electron chi connectivity index (χ4n) is 5.66. The Kier molecular flexibility index (Phi) is 7.64. The Labute approximate surface area is 233 Å². The van der Waals surface area contributed by atoms with Crippen LogP contribution in [0.5, 0.6) is 5.88 Å². The Morgan fingerprint density at radius 2 is 1.77 bits per heavy atom. The van der Waals surface area contributed by atoms with Crippen molar-refractivity contribution < 1.29 is 19.4 Å². The van der Waals surface area contributed by atoms with E-state index in [1.54, 1.807) is 0 Å². The third kappa shape index (κ3) is 6.32. The zero-order valence-electron chi connectivity index (χ0n) is 22.1. The number of carboxylic acids is 1. The van der Waals surface area contributed by atoms with Crippen molar-refractivity contribution in [3.8, 4) is 28.3 Å². The number of amides is 1. The molecule has 3 fully saturated rings. The highest BCUT2D eigenvalue weighted by Crippen LogP contribution is 2.40. The summed E-state index contributed by atoms with van der Waals surface area (Å²) in [4.78, 5) is 36.8. The van der Waals surface area contributed by atoms with Crippen LogP contribution >= 0.6 is 11.3 Å². The van der Waals surface area contributed by atoms with Crippen LogP contribution in [-0.4, -0.2) is 39.6 Å². The van der Waals surface area contributed by atoms with E-state index in [0.717, 1.165) is 54.7 Å². The van der Waals surface area contributed by atoms with Gasteiger partial charge in [-0.3, -0.25) is 14.5 Å². The summed E-state index contributed by atoms with van der Waals surface area (Å²) in [6, 6.07) is 12.2. The number of carbonyl (C=O) groups excluding carboxylic acids is 1. The molecule has 39 heavy (non-hydrogen) atoms. The highest BCUT2D eigenvalue weighted by molar-refractivity contribution is 7.14. The SMILES string of the molecule is O=C(O)C[C@@H](CC1CCCC1)C(=O)N(c1nc(-c2ccccc2-c2ccc(OCC3CC3)nc2)cs1)C1CC1. The molecule has 3 saturated carbocycles. The van der Waals surface area contributed by atoms with E-state index >= 15 is 0 Å². The summed E-state index contributed by atoms with van der Waals surface area (Å²) in [5, 5.41) is 12.2. The fraction of sp³-hybridized carbons (Fsp3) is 0.484. The quantitative estimate of drug-likeness (QED) is 0.268. The Hall–Kier alpha value is -3.26. The van der Waals surface area contributed by atoms with E-state index in [9.17, 15) is 14.7 Å². The number of thiazole rings is 1. The maximum absolute atomic E-state index is 13.8. The molecular formula is C31H35N3O4S. The molecule has 0 unspecified atom stereocenters. The van der Waals surface area contributed by atoms with Gasteiger partial charge in [-0.2, -0.15) is 0 Å². The predicted molar refractivity (Wildman–Crippen MR) is 152 cm³/mol. The van der Waals surface area contributed by atoms with Gasteiger partial charge in [0.1, 0.15) is 0 Å². The number of benzene rings is 1. The molecule has 1 atom stereocenters. The molecule has 8 heteroatoms. The van der Waals surface area contributed by atoms with Crippen molar-refractivity contribution in [3.05, 3.63) is 48.0 Å². The Balaban J connectivity index is 1.23. The molecule has 7 nitrogen and oxygen atoms in total. The molecule has 3 aliphatic carbocycles. The van der Waals surface area contributed by atoms with Crippen molar-refractivity contribution in [2.24, 2.45) is 17.8 Å². The normalized spacial score (nSPS) is 18.2. The summed E-state index contributed by atoms with van der Waals surface area (Å²) in [5.41, 5.74) is 3.78. The van der Waals surface area contributed by atoms with E-state index in [1.807, 2.05) is 46.8 Å². The first-order chi connectivity index (χ1) is 19.0. The summed E-state index contributed by atoms with van der Waals surface area (Å²) >= 11 is 1.46. The van der Waals surface area contributed by atoms with Crippen molar-refractivity contribution in [2.75, 3.05) is 11.5 Å². The van der Waals surface area contributed by atoms with Gasteiger partial charge >= 0.3 is 5.97 Å². The summed E-state index contributed by atoms with van der Waals surface area (Å²) in [5.74, 6) is 0.275. The molecule has 1 N–H and O–H groups in total. The molecule has 0 spiro atoms. The van der Waals surface area contributed by atoms with Gasteiger partial charge in [0.25, 0.3) is 0 Å². The van der Waals surface area contributed by atoms with E-state index in [0.29, 0.717) is 29.3 Å². The zero-order valence-corrected chi connectivity index (χ0v) is 22.9. The standard InChI is InChI=1S/C31H35N3O4S/c35-29(36)16-23(15-20-5-1-2-6-20)30(37)34(24-12-13-24)31-33-27(19-39-31)26-8-4-3-7-25(26)22-11-14-28(32-17-22)38-18-21-9-10-21/h3-4,7-8,11,14,17,19-21,23-24H,1-2,5-6,9-10,12-13,15-16,18H2,(H,35,36)/t23-/m1/s1. The molecule has 3 aromatic rings. The lowest BCUT2D eigenvalue weighted by Crippen LogP contribution is -2.39. The van der Waals surface area contributed by atoms with Gasteiger partial charge in [-0.15, -0.1) is 11.3 Å². The van der Waals surface area contributed by atoms with E-state index in [4.69, 9.17) is 9.72 Å². The average molecular weight is 546 g/mol. The predicted octanol–water partition coefficient (Wildman–Crippen LogP) is 6.83. The highest BCUT2D eigenvalue weighted by Gasteiger charge is 2.40. The van der Waals surface area contributed by atoms with Gasteiger partial charge in [0, 0.05) is 40.7 Å². The van der Waals surface area contributed by atoms with Crippen molar-refractivity contribution >= 4 is 28.3 Å². The zero-order chi connectivity index (χ0) is 26.8. The Morgan fingerprint density at radius 1 is 1.00 bits per heavy atom. The number of anilines is 1. The van der Waals surface area contributed by atoms with E-state index < -0.39 is 11.9 Å². The molecule has 0 aliphatic heterocycles. The van der Waals surface area contributed by atoms with Gasteiger partial charge in [-0.05, 0) is 55.6 Å². The van der Waals surface area contributed by atoms with Crippen LogP contribution in [0.25, 0.3) is 22.4 Å². The molecule has 1 amide bonds. The smallest absolute Gasteiger partial charge is 0.304 e. The highest BCUT2D eigenvalue weighted by atomic mass is 32.1. The first kappa shape index (κ1) is 26.0. The second-order valence-electron chi connectivity index (χ2n) is 11.3. The van der Waals surface area contributed by atoms with Gasteiger partial charge < -0.3 is 9.84 Å². The molecular weight excluding hydrogens is 510 g/mol. The van der Waals surface area contributed by atoms with Crippen molar-refractivity contribution in [1.82, 2.24) is 9.97 Å². The minimum absolute atomic E-state index is 0.0769. The van der Waals surface area contributed by atoms with Gasteiger partial charge in [-0.25, -0.2) is 9.97 Å². The van der Waals surface area contributed by atoms with Crippen molar-refractivity contribution in [3.63, 3.8) is 0 Å². The third-order valence-corrected chi connectivity index (χ3v) is 8.96. The minimum atomic E-state index is -0.909. The molecule has 0 radical (unpaired) electrons. The lowest BCUT2D eigenvalue weighted by Gasteiger charge is -2.26. The number of aliphatic carboxylic acids is 1. The second-order valence-corrected chi connectivity index (χ2v) is 12.2. The van der Waals surface area contributed by atoms with Crippen LogP contribution in [-0.2, 0) is 9.59 Å². The van der Waals surface area contributed by atoms with Gasteiger partial charge in [-0.1, -0.05) is 49.9 Å². The number of carboxylic acid groups (broad SMARTS) is 1. The van der Waals surface area contributed by atoms with Crippen LogP contribution < -0.4 is 9.64 Å². The summed E-state index contributed by atoms with van der Waals surface area (Å²) in [6.45, 7) is 0.731. The summed E-state index contributed by atoms with van der Waals surface area (Å²) in [7, 11) is 0. The van der Waals surface area contributed by atoms with Gasteiger partial charge in [0.2, 0.25) is 11.8 Å². The number of hydrogen-bond donors (Lipinski definition) is 1. The first-order valence-electron chi connectivity index (χ1n) is 14.2. The number of pyridine rings is 1. The maximum Gasteiger partial charge on any atom is 0.304 e. The lowest BCUT2D eigenvalue weighted by atomic mass is 9.90. The maximum atomic E-state index is 13.8. The van der Waals surface area contributed by atoms with Crippen LogP contribution in [0.15, 0.2) is 48.0 Å². The second kappa shape index (κ2) is 11.5. The van der Waals surface area contributed by atoms with Crippen LogP contribution in [0.1, 0.15) is 64.2 Å². The molecule has 2 aromatic heterocycles. The molecule has 1 aromatic carbocycles. The number of nitrogens with zero attached hydrogens (tertiary/aromatic N) is 3. The van der Waals surface area contributed by atoms with Crippen LogP contribution in [0.3, 0.4) is 0 Å². The molecule has 3 aliphatic rings. The van der Waals surface area contributed by atoms with Crippen LogP contribution in [0, 0.1) is 17.8 Å². The van der Waals surface area contributed by atoms with Crippen LogP contribution in [0.2, 0.25) is 0 Å². The van der Waals surface area contributed by atoms with Gasteiger partial charge in [0.15, 0.2) is 5.13 Å². The summed E-state index contributed by atoms with van der Waals surface area (Å²) in [6.07, 6.45) is 11.3. The van der Waals surface area contributed by atoms with E-state index in [1.165, 1.54) is 37.0 Å². The Morgan fingerprint density at radius 3 is 2.44 bits per heavy atom. The third-order valence-electron chi connectivity index (χ3n) is 8.12. The molecule has 0 bridgehead atoms. The number of hydrogen-bond acceptors (Lipinski definition) is 6. The van der Waals surface area contributed by atoms with Crippen molar-refractivity contribution in [1.29, 1.82) is 0 Å². The first-order valence-corrected chi connectivity index (χ1v) is 15.1. The molecule has 2 heterocycles. The van der Waals surface area contributed by atoms with E-state index in [2.05, 4.69) is 11.1 Å². The van der Waals surface area contributed by atoms with Crippen LogP contribution in [0.4, 0.5) is 5.13 Å². The lowest BCUT2D eigenvalue weighted by molar-refractivity contribution is -0.141. The summed E-state index contributed by atoms with van der Waals surface area (Å²) < 4.78 is 5.80. The van der Waals surface area contributed by atoms with Gasteiger partial charge in [0.05, 0.1) is 18.7 Å². The minimum Gasteiger partial charge on any atom is -0.481 e. The molecule has 204 valence electrons. The largest absolute Gasteiger partial charge is 0.481 e. The van der Waals surface area contributed by atoms with Crippen molar-refractivity contribution in [2.45, 2.75) is 70.3 Å². The fourth-order valence-corrected chi connectivity index (χ4v) is 6.56. The number of carbonyl (C=O) groups is 2. The number of rotatable bonds is 12. The monoisotopic (exact) mass is 545 g/mol. The van der Waals surface area contributed by atoms with E-state index in [-0.39, 0.29) is 18.4 Å². The average Bonchev–Trinajstić information content (AvgIpc) is 3.85. The number of aromatic nitrogens is 2. The molecule has 0 saturated heterocycles.